The first-order valence-corrected chi connectivity index (χ1v) is 9.12. The van der Waals surface area contributed by atoms with Crippen LogP contribution in [-0.4, -0.2) is 17.6 Å². The Labute approximate surface area is 151 Å². The number of hydrogen-bond donors (Lipinski definition) is 2. The molecular formula is C19H21N3O2S. The zero-order chi connectivity index (χ0) is 17.6. The maximum absolute atomic E-state index is 12.2. The van der Waals surface area contributed by atoms with E-state index in [4.69, 9.17) is 4.52 Å². The fourth-order valence-electron chi connectivity index (χ4n) is 2.58. The van der Waals surface area contributed by atoms with Crippen molar-refractivity contribution >= 4 is 23.1 Å². The molecule has 0 bridgehead atoms. The highest BCUT2D eigenvalue weighted by atomic mass is 32.1. The van der Waals surface area contributed by atoms with Gasteiger partial charge >= 0.3 is 0 Å². The van der Waals surface area contributed by atoms with Gasteiger partial charge in [-0.2, -0.15) is 0 Å². The Kier molecular flexibility index (Phi) is 5.63. The van der Waals surface area contributed by atoms with E-state index >= 15 is 0 Å². The zero-order valence-electron chi connectivity index (χ0n) is 14.3. The number of anilines is 1. The third-order valence-electron chi connectivity index (χ3n) is 3.91. The summed E-state index contributed by atoms with van der Waals surface area (Å²) in [5.74, 6) is 0.201. The predicted octanol–water partition coefficient (Wildman–Crippen LogP) is 3.92. The van der Waals surface area contributed by atoms with Crippen LogP contribution in [0.15, 0.2) is 52.4 Å². The number of carbonyl (C=O) groups excluding carboxylic acids is 1. The predicted molar refractivity (Wildman–Crippen MR) is 99.9 cm³/mol. The second-order valence-corrected chi connectivity index (χ2v) is 6.78. The molecule has 2 aromatic heterocycles. The van der Waals surface area contributed by atoms with Crippen molar-refractivity contribution in [1.82, 2.24) is 10.5 Å². The molecule has 6 heteroatoms. The van der Waals surface area contributed by atoms with E-state index in [2.05, 4.69) is 53.0 Å². The van der Waals surface area contributed by atoms with E-state index in [1.807, 2.05) is 18.4 Å². The van der Waals surface area contributed by atoms with Crippen LogP contribution in [0.4, 0.5) is 5.88 Å². The molecular weight excluding hydrogens is 334 g/mol. The molecule has 0 fully saturated rings. The Balaban J connectivity index is 1.68. The van der Waals surface area contributed by atoms with Crippen LogP contribution in [0.1, 0.15) is 34.7 Å². The van der Waals surface area contributed by atoms with Gasteiger partial charge in [0.2, 0.25) is 11.8 Å². The molecule has 3 aromatic rings. The van der Waals surface area contributed by atoms with Crippen molar-refractivity contribution in [2.75, 3.05) is 11.9 Å². The van der Waals surface area contributed by atoms with Gasteiger partial charge in [-0.15, -0.1) is 11.3 Å². The van der Waals surface area contributed by atoms with Gasteiger partial charge in [-0.1, -0.05) is 42.4 Å². The fourth-order valence-corrected chi connectivity index (χ4v) is 3.41. The molecule has 25 heavy (non-hydrogen) atoms. The van der Waals surface area contributed by atoms with Crippen molar-refractivity contribution < 1.29 is 9.32 Å². The molecule has 1 unspecified atom stereocenters. The maximum atomic E-state index is 12.2. The summed E-state index contributed by atoms with van der Waals surface area (Å²) >= 11 is 1.67. The van der Waals surface area contributed by atoms with E-state index in [-0.39, 0.29) is 18.5 Å². The maximum Gasteiger partial charge on any atom is 0.240 e. The molecule has 5 nitrogen and oxygen atoms in total. The number of nitrogens with zero attached hydrogens (tertiary/aromatic N) is 1. The Morgan fingerprint density at radius 2 is 2.08 bits per heavy atom. The van der Waals surface area contributed by atoms with E-state index < -0.39 is 0 Å². The van der Waals surface area contributed by atoms with Crippen molar-refractivity contribution in [3.05, 3.63) is 69.5 Å². The number of thiophene rings is 1. The Bertz CT molecular complexity index is 810. The van der Waals surface area contributed by atoms with Gasteiger partial charge in [0, 0.05) is 10.9 Å². The summed E-state index contributed by atoms with van der Waals surface area (Å²) in [5.41, 5.74) is 3.17. The van der Waals surface area contributed by atoms with Gasteiger partial charge in [-0.25, -0.2) is 0 Å². The number of carbonyl (C=O) groups is 1. The topological polar surface area (TPSA) is 67.2 Å². The lowest BCUT2D eigenvalue weighted by molar-refractivity contribution is -0.115. The van der Waals surface area contributed by atoms with Crippen LogP contribution in [0.2, 0.25) is 0 Å². The average molecular weight is 355 g/mol. The largest absolute Gasteiger partial charge is 0.338 e. The number of rotatable bonds is 7. The first-order chi connectivity index (χ1) is 12.2. The molecule has 0 saturated heterocycles. The van der Waals surface area contributed by atoms with E-state index in [0.29, 0.717) is 5.88 Å². The van der Waals surface area contributed by atoms with Crippen molar-refractivity contribution in [3.8, 4) is 0 Å². The van der Waals surface area contributed by atoms with Crippen molar-refractivity contribution in [2.24, 2.45) is 0 Å². The van der Waals surface area contributed by atoms with Crippen LogP contribution in [0.25, 0.3) is 0 Å². The molecule has 1 amide bonds. The third-order valence-corrected chi connectivity index (χ3v) is 4.84. The molecule has 0 aliphatic carbocycles. The quantitative estimate of drug-likeness (QED) is 0.674. The second kappa shape index (κ2) is 8.09. The van der Waals surface area contributed by atoms with Crippen LogP contribution in [0.5, 0.6) is 0 Å². The molecule has 0 spiro atoms. The van der Waals surface area contributed by atoms with Crippen LogP contribution in [0.3, 0.4) is 0 Å². The highest BCUT2D eigenvalue weighted by molar-refractivity contribution is 7.10. The lowest BCUT2D eigenvalue weighted by Crippen LogP contribution is -2.31. The summed E-state index contributed by atoms with van der Waals surface area (Å²) in [7, 11) is 0. The molecule has 2 N–H and O–H groups in total. The summed E-state index contributed by atoms with van der Waals surface area (Å²) in [6.45, 7) is 4.13. The van der Waals surface area contributed by atoms with Gasteiger partial charge in [0.05, 0.1) is 18.3 Å². The number of benzene rings is 1. The molecule has 0 aliphatic heterocycles. The molecule has 0 saturated carbocycles. The smallest absolute Gasteiger partial charge is 0.240 e. The van der Waals surface area contributed by atoms with Crippen LogP contribution in [0, 0.1) is 6.92 Å². The summed E-state index contributed by atoms with van der Waals surface area (Å²) in [4.78, 5) is 13.3. The first-order valence-electron chi connectivity index (χ1n) is 8.24. The second-order valence-electron chi connectivity index (χ2n) is 5.81. The Morgan fingerprint density at radius 1 is 1.28 bits per heavy atom. The van der Waals surface area contributed by atoms with Gasteiger partial charge < -0.3 is 4.52 Å². The molecule has 1 atom stereocenters. The Hall–Kier alpha value is -2.44. The minimum absolute atomic E-state index is 0.0203. The molecule has 130 valence electrons. The van der Waals surface area contributed by atoms with Gasteiger partial charge in [-0.3, -0.25) is 15.4 Å². The molecule has 0 radical (unpaired) electrons. The van der Waals surface area contributed by atoms with E-state index in [0.717, 1.165) is 17.7 Å². The number of aryl methyl sites for hydroxylation is 2. The van der Waals surface area contributed by atoms with E-state index in [1.165, 1.54) is 10.4 Å². The van der Waals surface area contributed by atoms with Gasteiger partial charge in [0.15, 0.2) is 0 Å². The lowest BCUT2D eigenvalue weighted by atomic mass is 10.0. The van der Waals surface area contributed by atoms with Crippen molar-refractivity contribution in [3.63, 3.8) is 0 Å². The number of hydrogen-bond acceptors (Lipinski definition) is 5. The minimum atomic E-state index is -0.164. The zero-order valence-corrected chi connectivity index (χ0v) is 15.1. The molecule has 0 aliphatic rings. The van der Waals surface area contributed by atoms with Crippen LogP contribution in [-0.2, 0) is 11.2 Å². The summed E-state index contributed by atoms with van der Waals surface area (Å²) in [5, 5.41) is 11.8. The average Bonchev–Trinajstić information content (AvgIpc) is 3.28. The summed E-state index contributed by atoms with van der Waals surface area (Å²) in [6.07, 6.45) is 1.01. The standard InChI is InChI=1S/C19H21N3O2S/c1-3-14-6-8-15(9-7-14)19(16-5-4-10-25-16)20-12-17(23)21-18-11-13(2)22-24-18/h4-11,19-20H,3,12H2,1-2H3,(H,21,23). The van der Waals surface area contributed by atoms with Crippen LogP contribution >= 0.6 is 11.3 Å². The monoisotopic (exact) mass is 355 g/mol. The molecule has 2 heterocycles. The van der Waals surface area contributed by atoms with Crippen LogP contribution < -0.4 is 10.6 Å². The third kappa shape index (κ3) is 4.55. The first kappa shape index (κ1) is 17.4. The van der Waals surface area contributed by atoms with E-state index in [1.54, 1.807) is 17.4 Å². The van der Waals surface area contributed by atoms with E-state index in [9.17, 15) is 4.79 Å². The van der Waals surface area contributed by atoms with Gasteiger partial charge in [0.25, 0.3) is 0 Å². The Morgan fingerprint density at radius 3 is 2.68 bits per heavy atom. The normalized spacial score (nSPS) is 12.1. The fraction of sp³-hybridized carbons (Fsp3) is 0.263. The lowest BCUT2D eigenvalue weighted by Gasteiger charge is -2.18. The van der Waals surface area contributed by atoms with Gasteiger partial charge in [-0.05, 0) is 35.9 Å². The van der Waals surface area contributed by atoms with Gasteiger partial charge in [0.1, 0.15) is 0 Å². The summed E-state index contributed by atoms with van der Waals surface area (Å²) < 4.78 is 5.02. The molecule has 3 rings (SSSR count). The minimum Gasteiger partial charge on any atom is -0.338 e. The SMILES string of the molecule is CCc1ccc(C(NCC(=O)Nc2cc(C)no2)c2cccs2)cc1. The van der Waals surface area contributed by atoms with Crippen molar-refractivity contribution in [2.45, 2.75) is 26.3 Å². The highest BCUT2D eigenvalue weighted by Crippen LogP contribution is 2.26. The highest BCUT2D eigenvalue weighted by Gasteiger charge is 2.16. The number of nitrogens with one attached hydrogen (secondary N) is 2. The van der Waals surface area contributed by atoms with Crippen molar-refractivity contribution in [1.29, 1.82) is 0 Å². The summed E-state index contributed by atoms with van der Waals surface area (Å²) in [6, 6.07) is 14.3. The number of amides is 1. The number of aromatic nitrogens is 1. The molecule has 1 aromatic carbocycles.